The van der Waals surface area contributed by atoms with Crippen molar-refractivity contribution in [2.75, 3.05) is 5.01 Å². The van der Waals surface area contributed by atoms with E-state index in [9.17, 15) is 13.6 Å². The average molecular weight is 463 g/mol. The largest absolute Gasteiger partial charge is 0.478 e. The minimum absolute atomic E-state index is 0.0111. The number of carboxylic acid groups (broad SMARTS) is 1. The second kappa shape index (κ2) is 8.62. The van der Waals surface area contributed by atoms with E-state index in [0.29, 0.717) is 5.92 Å². The Balaban J connectivity index is 1.51. The number of rotatable bonds is 5. The van der Waals surface area contributed by atoms with Crippen molar-refractivity contribution < 1.29 is 23.2 Å². The zero-order chi connectivity index (χ0) is 23.8. The second-order valence-electron chi connectivity index (χ2n) is 8.12. The Hall–Kier alpha value is -4.21. The van der Waals surface area contributed by atoms with Crippen LogP contribution in [-0.4, -0.2) is 27.3 Å². The number of benzene rings is 2. The maximum absolute atomic E-state index is 14.6. The van der Waals surface area contributed by atoms with Crippen molar-refractivity contribution in [1.29, 1.82) is 0 Å². The van der Waals surface area contributed by atoms with Gasteiger partial charge in [-0.1, -0.05) is 47.7 Å². The molecule has 2 aliphatic rings. The number of hydrogen-bond donors (Lipinski definition) is 1. The molecule has 1 aliphatic heterocycles. The van der Waals surface area contributed by atoms with E-state index in [4.69, 9.17) is 9.63 Å². The lowest BCUT2D eigenvalue weighted by molar-refractivity contribution is 0.0696. The summed E-state index contributed by atoms with van der Waals surface area (Å²) in [5, 5.41) is 22.9. The van der Waals surface area contributed by atoms with Gasteiger partial charge in [-0.3, -0.25) is 0 Å². The molecule has 3 aromatic rings. The molecule has 0 bridgehead atoms. The third-order valence-electron chi connectivity index (χ3n) is 5.77. The third kappa shape index (κ3) is 3.87. The Morgan fingerprint density at radius 3 is 2.71 bits per heavy atom. The highest BCUT2D eigenvalue weighted by atomic mass is 19.1. The molecule has 5 rings (SSSR count). The van der Waals surface area contributed by atoms with E-state index in [-0.39, 0.29) is 28.5 Å². The summed E-state index contributed by atoms with van der Waals surface area (Å²) in [6, 6.07) is 8.38. The number of para-hydroxylation sites is 1. The van der Waals surface area contributed by atoms with Gasteiger partial charge in [0.15, 0.2) is 6.04 Å². The summed E-state index contributed by atoms with van der Waals surface area (Å²) in [6.07, 6.45) is 6.87. The minimum atomic E-state index is -1.25. The summed E-state index contributed by atoms with van der Waals surface area (Å²) in [7, 11) is 0. The predicted molar refractivity (Wildman–Crippen MR) is 118 cm³/mol. The molecule has 1 aliphatic carbocycles. The van der Waals surface area contributed by atoms with Gasteiger partial charge < -0.3 is 9.63 Å². The number of aromatic nitrogens is 2. The van der Waals surface area contributed by atoms with E-state index in [1.165, 1.54) is 23.2 Å². The fourth-order valence-electron chi connectivity index (χ4n) is 3.96. The van der Waals surface area contributed by atoms with Gasteiger partial charge in [-0.25, -0.2) is 18.6 Å². The SMILES string of the molecule is CC1C=CC(C2C(c3nc(-c4ccc(C(=O)O)cc4F)no3)N=NN2c2ccccc2F)=CC1. The number of nitrogens with zero attached hydrogens (tertiary/aromatic N) is 5. The van der Waals surface area contributed by atoms with Crippen LogP contribution in [0.2, 0.25) is 0 Å². The molecule has 1 aromatic heterocycles. The zero-order valence-electron chi connectivity index (χ0n) is 18.0. The van der Waals surface area contributed by atoms with Gasteiger partial charge in [-0.15, -0.1) is 0 Å². The van der Waals surface area contributed by atoms with Crippen LogP contribution < -0.4 is 5.01 Å². The van der Waals surface area contributed by atoms with Gasteiger partial charge in [0.1, 0.15) is 17.7 Å². The lowest BCUT2D eigenvalue weighted by Crippen LogP contribution is -2.33. The van der Waals surface area contributed by atoms with Crippen LogP contribution in [0.5, 0.6) is 0 Å². The fourth-order valence-corrected chi connectivity index (χ4v) is 3.96. The van der Waals surface area contributed by atoms with Gasteiger partial charge in [0, 0.05) is 0 Å². The van der Waals surface area contributed by atoms with Crippen molar-refractivity contribution in [3.05, 3.63) is 89.4 Å². The molecule has 0 saturated heterocycles. The highest BCUT2D eigenvalue weighted by molar-refractivity contribution is 5.88. The molecule has 8 nitrogen and oxygen atoms in total. The Morgan fingerprint density at radius 1 is 1.18 bits per heavy atom. The fraction of sp³-hybridized carbons (Fsp3) is 0.208. The Morgan fingerprint density at radius 2 is 2.00 bits per heavy atom. The minimum Gasteiger partial charge on any atom is -0.478 e. The van der Waals surface area contributed by atoms with E-state index in [1.807, 2.05) is 12.2 Å². The van der Waals surface area contributed by atoms with Gasteiger partial charge in [0.05, 0.1) is 16.8 Å². The molecule has 172 valence electrons. The number of halogens is 2. The maximum Gasteiger partial charge on any atom is 0.335 e. The summed E-state index contributed by atoms with van der Waals surface area (Å²) in [4.78, 5) is 15.4. The van der Waals surface area contributed by atoms with Crippen molar-refractivity contribution in [1.82, 2.24) is 10.1 Å². The Kier molecular flexibility index (Phi) is 5.48. The molecule has 3 unspecified atom stereocenters. The van der Waals surface area contributed by atoms with Crippen molar-refractivity contribution in [3.8, 4) is 11.4 Å². The van der Waals surface area contributed by atoms with Gasteiger partial charge in [0.25, 0.3) is 5.89 Å². The molecule has 3 atom stereocenters. The highest BCUT2D eigenvalue weighted by Crippen LogP contribution is 2.41. The molecule has 0 saturated carbocycles. The Labute approximate surface area is 192 Å². The van der Waals surface area contributed by atoms with Crippen molar-refractivity contribution in [3.63, 3.8) is 0 Å². The van der Waals surface area contributed by atoms with E-state index < -0.39 is 29.7 Å². The monoisotopic (exact) mass is 463 g/mol. The van der Waals surface area contributed by atoms with E-state index >= 15 is 0 Å². The first kappa shape index (κ1) is 21.6. The number of hydrogen-bond acceptors (Lipinski definition) is 7. The van der Waals surface area contributed by atoms with Crippen LogP contribution in [0.3, 0.4) is 0 Å². The normalized spacial score (nSPS) is 21.7. The number of anilines is 1. The molecule has 34 heavy (non-hydrogen) atoms. The van der Waals surface area contributed by atoms with Crippen molar-refractivity contribution in [2.24, 2.45) is 16.3 Å². The second-order valence-corrected chi connectivity index (χ2v) is 8.12. The zero-order valence-corrected chi connectivity index (χ0v) is 18.0. The number of aromatic carboxylic acids is 1. The van der Waals surface area contributed by atoms with Gasteiger partial charge in [-0.05, 0) is 48.2 Å². The van der Waals surface area contributed by atoms with Crippen LogP contribution >= 0.6 is 0 Å². The molecule has 0 fully saturated rings. The summed E-state index contributed by atoms with van der Waals surface area (Å²) < 4.78 is 34.6. The van der Waals surface area contributed by atoms with Crippen molar-refractivity contribution >= 4 is 11.7 Å². The van der Waals surface area contributed by atoms with Crippen molar-refractivity contribution in [2.45, 2.75) is 25.4 Å². The van der Waals surface area contributed by atoms with E-state index in [0.717, 1.165) is 18.1 Å². The first-order chi connectivity index (χ1) is 16.4. The average Bonchev–Trinajstić information content (AvgIpc) is 3.47. The quantitative estimate of drug-likeness (QED) is 0.533. The Bertz CT molecular complexity index is 1350. The highest BCUT2D eigenvalue weighted by Gasteiger charge is 2.41. The van der Waals surface area contributed by atoms with Gasteiger partial charge >= 0.3 is 5.97 Å². The molecular weight excluding hydrogens is 444 g/mol. The van der Waals surface area contributed by atoms with Crippen LogP contribution in [0.1, 0.15) is 35.6 Å². The number of allylic oxidation sites excluding steroid dienone is 2. The van der Waals surface area contributed by atoms with Gasteiger partial charge in [0.2, 0.25) is 5.82 Å². The lowest BCUT2D eigenvalue weighted by Gasteiger charge is -2.27. The molecule has 0 spiro atoms. The molecule has 10 heteroatoms. The smallest absolute Gasteiger partial charge is 0.335 e. The number of carboxylic acids is 1. The topological polar surface area (TPSA) is 104 Å². The standard InChI is InChI=1S/C24H19F2N5O3/c1-13-6-8-14(9-7-13)21-20(28-30-31(21)19-5-3-2-4-17(19)25)23-27-22(29-34-23)16-11-10-15(24(32)33)12-18(16)26/h2-6,8-13,20-21H,7H2,1H3,(H,32,33). The van der Waals surface area contributed by atoms with Crippen LogP contribution in [0.25, 0.3) is 11.4 Å². The molecule has 1 N–H and O–H groups in total. The molecule has 2 heterocycles. The van der Waals surface area contributed by atoms with E-state index in [2.05, 4.69) is 33.5 Å². The number of carbonyl (C=O) groups is 1. The summed E-state index contributed by atoms with van der Waals surface area (Å²) >= 11 is 0. The maximum atomic E-state index is 14.6. The molecule has 0 radical (unpaired) electrons. The first-order valence-corrected chi connectivity index (χ1v) is 10.6. The molecule has 0 amide bonds. The van der Waals surface area contributed by atoms with Crippen LogP contribution in [0.4, 0.5) is 14.5 Å². The first-order valence-electron chi connectivity index (χ1n) is 10.6. The van der Waals surface area contributed by atoms with Gasteiger partial charge in [-0.2, -0.15) is 10.1 Å². The summed E-state index contributed by atoms with van der Waals surface area (Å²) in [5.41, 5.74) is 0.915. The van der Waals surface area contributed by atoms with Crippen LogP contribution in [0, 0.1) is 17.6 Å². The lowest BCUT2D eigenvalue weighted by atomic mass is 9.90. The molecule has 2 aromatic carbocycles. The third-order valence-corrected chi connectivity index (χ3v) is 5.77. The van der Waals surface area contributed by atoms with E-state index in [1.54, 1.807) is 18.2 Å². The summed E-state index contributed by atoms with van der Waals surface area (Å²) in [6.45, 7) is 2.09. The predicted octanol–water partition coefficient (Wildman–Crippen LogP) is 5.53. The summed E-state index contributed by atoms with van der Waals surface area (Å²) in [5.74, 6) is -2.10. The molecular formula is C24H19F2N5O3. The van der Waals surface area contributed by atoms with Crippen LogP contribution in [-0.2, 0) is 0 Å². The van der Waals surface area contributed by atoms with Crippen LogP contribution in [0.15, 0.2) is 81.1 Å².